The summed E-state index contributed by atoms with van der Waals surface area (Å²) in [6.45, 7) is 4.32. The fourth-order valence-electron chi connectivity index (χ4n) is 1.95. The predicted octanol–water partition coefficient (Wildman–Crippen LogP) is 1.82. The number of hydrogen-bond donors (Lipinski definition) is 2. The molecule has 2 rings (SSSR count). The van der Waals surface area contributed by atoms with E-state index in [4.69, 9.17) is 10.8 Å². The van der Waals surface area contributed by atoms with Gasteiger partial charge < -0.3 is 10.8 Å². The number of carboxylic acid groups (broad SMARTS) is 1. The smallest absolute Gasteiger partial charge is 0.320 e. The first-order valence-corrected chi connectivity index (χ1v) is 7.20. The number of aromatic nitrogens is 2. The summed E-state index contributed by atoms with van der Waals surface area (Å²) in [7, 11) is 0. The van der Waals surface area contributed by atoms with Crippen LogP contribution in [0, 0.1) is 10.1 Å². The molecule has 124 valence electrons. The van der Waals surface area contributed by atoms with Gasteiger partial charge in [-0.15, -0.1) is 0 Å². The summed E-state index contributed by atoms with van der Waals surface area (Å²) in [5, 5.41) is 23.8. The Labute approximate surface area is 133 Å². The molecular formula is C15H20N4O4. The average Bonchev–Trinajstić information content (AvgIpc) is 2.93. The molecule has 8 heteroatoms. The number of nitro groups is 1. The van der Waals surface area contributed by atoms with Gasteiger partial charge in [0.2, 0.25) is 0 Å². The topological polar surface area (TPSA) is 124 Å². The lowest BCUT2D eigenvalue weighted by Gasteiger charge is -2.09. The van der Waals surface area contributed by atoms with Crippen molar-refractivity contribution in [3.63, 3.8) is 0 Å². The van der Waals surface area contributed by atoms with Gasteiger partial charge in [-0.2, -0.15) is 5.10 Å². The maximum atomic E-state index is 11.0. The van der Waals surface area contributed by atoms with E-state index in [9.17, 15) is 14.9 Å². The molecule has 0 aliphatic carbocycles. The largest absolute Gasteiger partial charge is 0.480 e. The van der Waals surface area contributed by atoms with Gasteiger partial charge in [0.15, 0.2) is 0 Å². The van der Waals surface area contributed by atoms with Crippen molar-refractivity contribution in [3.8, 4) is 0 Å². The zero-order valence-electron chi connectivity index (χ0n) is 13.0. The molecule has 0 aliphatic heterocycles. The van der Waals surface area contributed by atoms with Crippen LogP contribution in [0.3, 0.4) is 0 Å². The molecule has 3 N–H and O–H groups in total. The zero-order valence-corrected chi connectivity index (χ0v) is 13.0. The van der Waals surface area contributed by atoms with Gasteiger partial charge in [-0.25, -0.2) is 0 Å². The highest BCUT2D eigenvalue weighted by Gasteiger charge is 2.25. The van der Waals surface area contributed by atoms with Crippen molar-refractivity contribution < 1.29 is 14.8 Å². The highest BCUT2D eigenvalue weighted by molar-refractivity contribution is 5.73. The molecule has 0 amide bonds. The van der Waals surface area contributed by atoms with E-state index >= 15 is 0 Å². The van der Waals surface area contributed by atoms with Crippen molar-refractivity contribution in [2.75, 3.05) is 0 Å². The maximum absolute atomic E-state index is 11.0. The van der Waals surface area contributed by atoms with Crippen molar-refractivity contribution >= 4 is 11.7 Å². The van der Waals surface area contributed by atoms with Gasteiger partial charge >= 0.3 is 11.7 Å². The molecule has 0 saturated carbocycles. The normalized spacial score (nSPS) is 11.3. The maximum Gasteiger partial charge on any atom is 0.320 e. The first-order valence-electron chi connectivity index (χ1n) is 7.20. The molecule has 0 radical (unpaired) electrons. The van der Waals surface area contributed by atoms with E-state index in [0.717, 1.165) is 11.8 Å². The van der Waals surface area contributed by atoms with Gasteiger partial charge in [0.05, 0.1) is 11.5 Å². The predicted molar refractivity (Wildman–Crippen MR) is 85.1 cm³/mol. The van der Waals surface area contributed by atoms with Crippen molar-refractivity contribution in [2.24, 2.45) is 5.73 Å². The van der Waals surface area contributed by atoms with Gasteiger partial charge in [-0.3, -0.25) is 19.6 Å². The molecule has 1 aromatic heterocycles. The van der Waals surface area contributed by atoms with E-state index in [1.54, 1.807) is 0 Å². The third kappa shape index (κ3) is 4.89. The van der Waals surface area contributed by atoms with Crippen LogP contribution >= 0.6 is 0 Å². The number of aliphatic carboxylic acids is 1. The Bertz CT molecular complexity index is 655. The minimum Gasteiger partial charge on any atom is -0.480 e. The van der Waals surface area contributed by atoms with Crippen LogP contribution in [0.25, 0.3) is 0 Å². The van der Waals surface area contributed by atoms with Crippen LogP contribution in [0.2, 0.25) is 0 Å². The fraction of sp³-hybridized carbons (Fsp3) is 0.333. The summed E-state index contributed by atoms with van der Waals surface area (Å²) >= 11 is 0. The van der Waals surface area contributed by atoms with Crippen LogP contribution < -0.4 is 5.73 Å². The molecule has 1 unspecified atom stereocenters. The Morgan fingerprint density at radius 2 is 2.00 bits per heavy atom. The monoisotopic (exact) mass is 320 g/mol. The molecule has 23 heavy (non-hydrogen) atoms. The molecule has 1 atom stereocenters. The summed E-state index contributed by atoms with van der Waals surface area (Å²) in [5.74, 6) is -1.21. The van der Waals surface area contributed by atoms with Crippen molar-refractivity contribution in [3.05, 3.63) is 57.9 Å². The minimum absolute atomic E-state index is 0.154. The van der Waals surface area contributed by atoms with Crippen LogP contribution in [-0.2, 0) is 17.8 Å². The van der Waals surface area contributed by atoms with Gasteiger partial charge in [0, 0.05) is 6.42 Å². The number of carbonyl (C=O) groups is 1. The summed E-state index contributed by atoms with van der Waals surface area (Å²) < 4.78 is 1.41. The summed E-state index contributed by atoms with van der Waals surface area (Å²) in [4.78, 5) is 21.3. The third-order valence-corrected chi connectivity index (χ3v) is 3.03. The lowest BCUT2D eigenvalue weighted by atomic mass is 10.1. The van der Waals surface area contributed by atoms with E-state index in [0.29, 0.717) is 6.54 Å². The molecule has 0 saturated heterocycles. The van der Waals surface area contributed by atoms with Gasteiger partial charge in [0.1, 0.15) is 17.9 Å². The summed E-state index contributed by atoms with van der Waals surface area (Å²) in [5.41, 5.74) is 6.37. The number of carboxylic acids is 1. The highest BCUT2D eigenvalue weighted by Crippen LogP contribution is 2.20. The molecule has 0 spiro atoms. The van der Waals surface area contributed by atoms with Gasteiger partial charge in [-0.1, -0.05) is 44.2 Å². The standard InChI is InChI=1S/C13H14N4O4.C2H6/c14-10(13(18)19)6-11-12(17(20)21)7-15-16(11)8-9-4-2-1-3-5-9;1-2/h1-5,7,10H,6,8,14H2,(H,18,19);1-2H3. The highest BCUT2D eigenvalue weighted by atomic mass is 16.6. The number of benzene rings is 1. The molecule has 1 heterocycles. The second-order valence-corrected chi connectivity index (χ2v) is 4.53. The lowest BCUT2D eigenvalue weighted by molar-refractivity contribution is -0.385. The molecule has 0 fully saturated rings. The molecule has 0 aliphatic rings. The van der Waals surface area contributed by atoms with Crippen LogP contribution in [-0.4, -0.2) is 31.8 Å². The second kappa shape index (κ2) is 8.64. The number of hydrogen-bond acceptors (Lipinski definition) is 5. The SMILES string of the molecule is CC.NC(Cc1c([N+](=O)[O-])cnn1Cc1ccccc1)C(=O)O. The Morgan fingerprint density at radius 3 is 2.52 bits per heavy atom. The van der Waals surface area contributed by atoms with Crippen LogP contribution in [0.4, 0.5) is 5.69 Å². The molecule has 8 nitrogen and oxygen atoms in total. The van der Waals surface area contributed by atoms with E-state index < -0.39 is 16.9 Å². The summed E-state index contributed by atoms with van der Waals surface area (Å²) in [6.07, 6.45) is 0.964. The summed E-state index contributed by atoms with van der Waals surface area (Å²) in [6, 6.07) is 8.04. The average molecular weight is 320 g/mol. The van der Waals surface area contributed by atoms with Crippen molar-refractivity contribution in [2.45, 2.75) is 32.9 Å². The number of nitrogens with zero attached hydrogens (tertiary/aromatic N) is 3. The van der Waals surface area contributed by atoms with Crippen molar-refractivity contribution in [1.82, 2.24) is 9.78 Å². The number of nitrogens with two attached hydrogens (primary N) is 1. The molecule has 1 aromatic carbocycles. The van der Waals surface area contributed by atoms with Crippen LogP contribution in [0.15, 0.2) is 36.5 Å². The molecule has 2 aromatic rings. The van der Waals surface area contributed by atoms with Crippen molar-refractivity contribution in [1.29, 1.82) is 0 Å². The van der Waals surface area contributed by atoms with E-state index in [1.807, 2.05) is 44.2 Å². The lowest BCUT2D eigenvalue weighted by Crippen LogP contribution is -2.33. The van der Waals surface area contributed by atoms with Gasteiger partial charge in [0.25, 0.3) is 0 Å². The van der Waals surface area contributed by atoms with Crippen LogP contribution in [0.5, 0.6) is 0 Å². The molecule has 0 bridgehead atoms. The van der Waals surface area contributed by atoms with Crippen LogP contribution in [0.1, 0.15) is 25.1 Å². The van der Waals surface area contributed by atoms with E-state index in [1.165, 1.54) is 4.68 Å². The minimum atomic E-state index is -1.21. The first kappa shape index (κ1) is 18.3. The quantitative estimate of drug-likeness (QED) is 0.618. The molecular weight excluding hydrogens is 300 g/mol. The van der Waals surface area contributed by atoms with Gasteiger partial charge in [-0.05, 0) is 5.56 Å². The fourth-order valence-corrected chi connectivity index (χ4v) is 1.95. The zero-order chi connectivity index (χ0) is 17.4. The van der Waals surface area contributed by atoms with E-state index in [2.05, 4.69) is 5.10 Å². The Kier molecular flexibility index (Phi) is 6.88. The Morgan fingerprint density at radius 1 is 1.39 bits per heavy atom. The third-order valence-electron chi connectivity index (χ3n) is 3.03. The number of rotatable bonds is 6. The Balaban J connectivity index is 0.00000127. The second-order valence-electron chi connectivity index (χ2n) is 4.53. The first-order chi connectivity index (χ1) is 11.0. The Hall–Kier alpha value is -2.74. The van der Waals surface area contributed by atoms with E-state index in [-0.39, 0.29) is 17.8 Å².